The number of aromatic nitrogens is 1. The van der Waals surface area contributed by atoms with Gasteiger partial charge < -0.3 is 14.4 Å². The smallest absolute Gasteiger partial charge is 0.254 e. The SMILES string of the molecule is Cc1cccc(-c2cc(C(=O)N3CCC4(CC3)OCCO4)c3ccc(Cl)c(C)c3n2)c1. The summed E-state index contributed by atoms with van der Waals surface area (Å²) in [6.45, 7) is 6.47. The number of fused-ring (bicyclic) bond motifs is 1. The van der Waals surface area contributed by atoms with Crippen LogP contribution in [0.3, 0.4) is 0 Å². The number of nitrogens with zero attached hydrogens (tertiary/aromatic N) is 2. The molecule has 0 aliphatic carbocycles. The summed E-state index contributed by atoms with van der Waals surface area (Å²) in [5.41, 5.74) is 5.22. The molecule has 2 aromatic carbocycles. The van der Waals surface area contributed by atoms with Crippen LogP contribution in [0.25, 0.3) is 22.2 Å². The predicted octanol–water partition coefficient (Wildman–Crippen LogP) is 5.15. The van der Waals surface area contributed by atoms with Crippen LogP contribution in [-0.4, -0.2) is 47.9 Å². The van der Waals surface area contributed by atoms with Crippen molar-refractivity contribution in [2.24, 2.45) is 0 Å². The van der Waals surface area contributed by atoms with Crippen LogP contribution in [0.4, 0.5) is 0 Å². The Labute approximate surface area is 186 Å². The topological polar surface area (TPSA) is 51.7 Å². The van der Waals surface area contributed by atoms with Crippen molar-refractivity contribution in [3.05, 3.63) is 64.2 Å². The van der Waals surface area contributed by atoms with Crippen molar-refractivity contribution < 1.29 is 14.3 Å². The lowest BCUT2D eigenvalue weighted by atomic mass is 9.98. The molecule has 2 fully saturated rings. The Morgan fingerprint density at radius 3 is 2.52 bits per heavy atom. The van der Waals surface area contributed by atoms with Crippen LogP contribution in [0, 0.1) is 13.8 Å². The number of hydrogen-bond acceptors (Lipinski definition) is 4. The van der Waals surface area contributed by atoms with Gasteiger partial charge in [0.25, 0.3) is 5.91 Å². The highest BCUT2D eigenvalue weighted by atomic mass is 35.5. The maximum absolute atomic E-state index is 13.6. The van der Waals surface area contributed by atoms with Crippen LogP contribution >= 0.6 is 11.6 Å². The number of rotatable bonds is 2. The van der Waals surface area contributed by atoms with Crippen molar-refractivity contribution in [3.8, 4) is 11.3 Å². The largest absolute Gasteiger partial charge is 0.347 e. The molecule has 1 aromatic heterocycles. The van der Waals surface area contributed by atoms with E-state index in [4.69, 9.17) is 26.1 Å². The van der Waals surface area contributed by atoms with E-state index in [1.54, 1.807) is 0 Å². The van der Waals surface area contributed by atoms with E-state index in [1.807, 2.05) is 42.2 Å². The van der Waals surface area contributed by atoms with E-state index in [2.05, 4.69) is 19.1 Å². The molecule has 2 saturated heterocycles. The monoisotopic (exact) mass is 436 g/mol. The lowest BCUT2D eigenvalue weighted by Gasteiger charge is -2.37. The second kappa shape index (κ2) is 7.90. The molecule has 6 heteroatoms. The highest BCUT2D eigenvalue weighted by Gasteiger charge is 2.41. The third kappa shape index (κ3) is 3.71. The number of likely N-dealkylation sites (tertiary alicyclic amines) is 1. The van der Waals surface area contributed by atoms with E-state index in [-0.39, 0.29) is 5.91 Å². The van der Waals surface area contributed by atoms with Gasteiger partial charge in [0.2, 0.25) is 0 Å². The fraction of sp³-hybridized carbons (Fsp3) is 0.360. The van der Waals surface area contributed by atoms with Gasteiger partial charge in [-0.15, -0.1) is 0 Å². The molecule has 3 aromatic rings. The number of piperidine rings is 1. The first-order valence-electron chi connectivity index (χ1n) is 10.7. The van der Waals surface area contributed by atoms with Gasteiger partial charge in [-0.05, 0) is 37.6 Å². The van der Waals surface area contributed by atoms with E-state index in [1.165, 1.54) is 0 Å². The van der Waals surface area contributed by atoms with Gasteiger partial charge in [-0.3, -0.25) is 4.79 Å². The second-order valence-electron chi connectivity index (χ2n) is 8.39. The zero-order valence-electron chi connectivity index (χ0n) is 17.8. The molecule has 1 spiro atoms. The van der Waals surface area contributed by atoms with Crippen LogP contribution in [-0.2, 0) is 9.47 Å². The number of pyridine rings is 1. The number of hydrogen-bond donors (Lipinski definition) is 0. The quantitative estimate of drug-likeness (QED) is 0.557. The average Bonchev–Trinajstić information content (AvgIpc) is 3.23. The van der Waals surface area contributed by atoms with Crippen LogP contribution < -0.4 is 0 Å². The van der Waals surface area contributed by atoms with Crippen molar-refractivity contribution >= 4 is 28.4 Å². The lowest BCUT2D eigenvalue weighted by Crippen LogP contribution is -2.47. The summed E-state index contributed by atoms with van der Waals surface area (Å²) < 4.78 is 11.6. The summed E-state index contributed by atoms with van der Waals surface area (Å²) >= 11 is 6.40. The first-order valence-corrected chi connectivity index (χ1v) is 11.1. The minimum absolute atomic E-state index is 0.0101. The number of carbonyl (C=O) groups is 1. The summed E-state index contributed by atoms with van der Waals surface area (Å²) in [5.74, 6) is -0.496. The molecular formula is C25H25ClN2O3. The van der Waals surface area contributed by atoms with Crippen LogP contribution in [0.2, 0.25) is 5.02 Å². The summed E-state index contributed by atoms with van der Waals surface area (Å²) in [6.07, 6.45) is 1.38. The molecular weight excluding hydrogens is 412 g/mol. The van der Waals surface area contributed by atoms with E-state index in [0.717, 1.165) is 33.3 Å². The van der Waals surface area contributed by atoms with Gasteiger partial charge in [0, 0.05) is 41.9 Å². The Bertz CT molecular complexity index is 1160. The molecule has 3 heterocycles. The van der Waals surface area contributed by atoms with Gasteiger partial charge in [0.1, 0.15) is 0 Å². The Kier molecular flexibility index (Phi) is 5.21. The predicted molar refractivity (Wildman–Crippen MR) is 121 cm³/mol. The summed E-state index contributed by atoms with van der Waals surface area (Å²) in [6, 6.07) is 13.8. The Hall–Kier alpha value is -2.47. The molecule has 0 unspecified atom stereocenters. The van der Waals surface area contributed by atoms with Gasteiger partial charge in [0.05, 0.1) is 30.0 Å². The first-order chi connectivity index (χ1) is 15.0. The molecule has 5 rings (SSSR count). The van der Waals surface area contributed by atoms with E-state index >= 15 is 0 Å². The Balaban J connectivity index is 1.57. The average molecular weight is 437 g/mol. The summed E-state index contributed by atoms with van der Waals surface area (Å²) in [4.78, 5) is 20.4. The number of aryl methyl sites for hydroxylation is 2. The van der Waals surface area contributed by atoms with Crippen molar-refractivity contribution in [3.63, 3.8) is 0 Å². The van der Waals surface area contributed by atoms with Gasteiger partial charge in [-0.2, -0.15) is 0 Å². The molecule has 0 saturated carbocycles. The maximum Gasteiger partial charge on any atom is 0.254 e. The molecule has 1 amide bonds. The molecule has 2 aliphatic heterocycles. The van der Waals surface area contributed by atoms with Crippen molar-refractivity contribution in [1.29, 1.82) is 0 Å². The van der Waals surface area contributed by atoms with Crippen LogP contribution in [0.15, 0.2) is 42.5 Å². The summed E-state index contributed by atoms with van der Waals surface area (Å²) in [5, 5.41) is 1.48. The molecule has 0 atom stereocenters. The number of benzene rings is 2. The zero-order chi connectivity index (χ0) is 21.6. The number of ether oxygens (including phenoxy) is 2. The second-order valence-corrected chi connectivity index (χ2v) is 8.80. The van der Waals surface area contributed by atoms with Crippen molar-refractivity contribution in [2.75, 3.05) is 26.3 Å². The number of carbonyl (C=O) groups excluding carboxylic acids is 1. The van der Waals surface area contributed by atoms with Crippen LogP contribution in [0.5, 0.6) is 0 Å². The third-order valence-corrected chi connectivity index (χ3v) is 6.75. The highest BCUT2D eigenvalue weighted by Crippen LogP contribution is 2.34. The molecule has 5 nitrogen and oxygen atoms in total. The van der Waals surface area contributed by atoms with E-state index in [9.17, 15) is 4.79 Å². The normalized spacial score (nSPS) is 18.1. The van der Waals surface area contributed by atoms with Gasteiger partial charge in [-0.1, -0.05) is 41.4 Å². The number of halogens is 1. The number of amides is 1. The lowest BCUT2D eigenvalue weighted by molar-refractivity contribution is -0.181. The molecule has 31 heavy (non-hydrogen) atoms. The molecule has 0 radical (unpaired) electrons. The molecule has 2 aliphatic rings. The van der Waals surface area contributed by atoms with Crippen molar-refractivity contribution in [1.82, 2.24) is 9.88 Å². The zero-order valence-corrected chi connectivity index (χ0v) is 18.5. The van der Waals surface area contributed by atoms with Crippen molar-refractivity contribution in [2.45, 2.75) is 32.5 Å². The fourth-order valence-corrected chi connectivity index (χ4v) is 4.69. The summed E-state index contributed by atoms with van der Waals surface area (Å²) in [7, 11) is 0. The molecule has 160 valence electrons. The molecule has 0 bridgehead atoms. The minimum atomic E-state index is -0.506. The standard InChI is InChI=1S/C25H25ClN2O3/c1-16-4-3-5-18(14-16)22-15-20(19-6-7-21(26)17(2)23(19)27-22)24(29)28-10-8-25(9-11-28)30-12-13-31-25/h3-7,14-15H,8-13H2,1-2H3. The van der Waals surface area contributed by atoms with Gasteiger partial charge in [-0.25, -0.2) is 4.98 Å². The van der Waals surface area contributed by atoms with Crippen LogP contribution in [0.1, 0.15) is 34.3 Å². The third-order valence-electron chi connectivity index (χ3n) is 6.34. The molecule has 0 N–H and O–H groups in total. The Morgan fingerprint density at radius 1 is 1.06 bits per heavy atom. The first kappa shape index (κ1) is 20.4. The Morgan fingerprint density at radius 2 is 1.81 bits per heavy atom. The fourth-order valence-electron chi connectivity index (χ4n) is 4.54. The van der Waals surface area contributed by atoms with Gasteiger partial charge >= 0.3 is 0 Å². The minimum Gasteiger partial charge on any atom is -0.347 e. The van der Waals surface area contributed by atoms with Gasteiger partial charge in [0.15, 0.2) is 5.79 Å². The highest BCUT2D eigenvalue weighted by molar-refractivity contribution is 6.32. The van der Waals surface area contributed by atoms with E-state index in [0.29, 0.717) is 49.7 Å². The maximum atomic E-state index is 13.6. The van der Waals surface area contributed by atoms with E-state index < -0.39 is 5.79 Å².